The number of hydrogen-bond acceptors (Lipinski definition) is 3. The lowest BCUT2D eigenvalue weighted by Gasteiger charge is -2.38. The van der Waals surface area contributed by atoms with Crippen molar-refractivity contribution < 1.29 is 9.53 Å². The number of hydrogen-bond donors (Lipinski definition) is 0. The fourth-order valence-electron chi connectivity index (χ4n) is 3.10. The van der Waals surface area contributed by atoms with Crippen molar-refractivity contribution in [2.24, 2.45) is 5.92 Å². The Bertz CT molecular complexity index is 482. The Morgan fingerprint density at radius 1 is 1.33 bits per heavy atom. The molecule has 4 heteroatoms. The molecular weight excluding hydrogens is 282 g/mol. The lowest BCUT2D eigenvalue weighted by molar-refractivity contribution is -0.141. The molecule has 0 unspecified atom stereocenters. The summed E-state index contributed by atoms with van der Waals surface area (Å²) < 4.78 is 5.50. The van der Waals surface area contributed by atoms with Gasteiger partial charge in [0, 0.05) is 24.7 Å². The summed E-state index contributed by atoms with van der Waals surface area (Å²) >= 11 is 1.94. The molecule has 114 valence electrons. The first-order valence-electron chi connectivity index (χ1n) is 7.78. The third-order valence-corrected chi connectivity index (χ3v) is 5.41. The average Bonchev–Trinajstić information content (AvgIpc) is 2.56. The molecule has 2 aliphatic rings. The lowest BCUT2D eigenvalue weighted by atomic mass is 9.98. The van der Waals surface area contributed by atoms with Crippen LogP contribution >= 0.6 is 11.8 Å². The molecule has 0 N–H and O–H groups in total. The normalized spacial score (nSPS) is 26.6. The van der Waals surface area contributed by atoms with E-state index in [2.05, 4.69) is 36.1 Å². The molecule has 0 radical (unpaired) electrons. The summed E-state index contributed by atoms with van der Waals surface area (Å²) in [4.78, 5) is 14.9. The van der Waals surface area contributed by atoms with E-state index in [9.17, 15) is 4.79 Å². The summed E-state index contributed by atoms with van der Waals surface area (Å²) in [6.07, 6.45) is 1.98. The van der Waals surface area contributed by atoms with Gasteiger partial charge >= 0.3 is 0 Å². The first-order valence-corrected chi connectivity index (χ1v) is 8.94. The minimum atomic E-state index is 0.0646. The van der Waals surface area contributed by atoms with Gasteiger partial charge in [0.05, 0.1) is 18.6 Å². The number of carbonyl (C=O) groups excluding carboxylic acids is 1. The van der Waals surface area contributed by atoms with E-state index in [-0.39, 0.29) is 12.0 Å². The van der Waals surface area contributed by atoms with Gasteiger partial charge in [-0.3, -0.25) is 4.79 Å². The highest BCUT2D eigenvalue weighted by Gasteiger charge is 2.33. The molecule has 3 rings (SSSR count). The van der Waals surface area contributed by atoms with Crippen LogP contribution in [0.5, 0.6) is 0 Å². The Morgan fingerprint density at radius 3 is 2.86 bits per heavy atom. The van der Waals surface area contributed by atoms with E-state index in [0.717, 1.165) is 37.5 Å². The summed E-state index contributed by atoms with van der Waals surface area (Å²) in [7, 11) is 0. The molecule has 2 heterocycles. The van der Waals surface area contributed by atoms with Crippen molar-refractivity contribution in [2.45, 2.75) is 25.8 Å². The summed E-state index contributed by atoms with van der Waals surface area (Å²) in [6.45, 7) is 4.37. The van der Waals surface area contributed by atoms with E-state index >= 15 is 0 Å². The number of nitrogens with zero attached hydrogens (tertiary/aromatic N) is 1. The molecule has 2 atom stereocenters. The maximum absolute atomic E-state index is 12.8. The SMILES string of the molecule is Cc1ccc([C@@H]2CSCCN2C(=O)[C@@H]2CCCOC2)cc1. The average molecular weight is 305 g/mol. The van der Waals surface area contributed by atoms with Gasteiger partial charge in [-0.05, 0) is 25.3 Å². The van der Waals surface area contributed by atoms with Gasteiger partial charge in [-0.25, -0.2) is 0 Å². The molecule has 3 nitrogen and oxygen atoms in total. The maximum atomic E-state index is 12.8. The number of ether oxygens (including phenoxy) is 1. The molecular formula is C17H23NO2S. The van der Waals surface area contributed by atoms with Crippen LogP contribution < -0.4 is 0 Å². The minimum Gasteiger partial charge on any atom is -0.381 e. The van der Waals surface area contributed by atoms with Crippen LogP contribution in [-0.4, -0.2) is 42.1 Å². The minimum absolute atomic E-state index is 0.0646. The van der Waals surface area contributed by atoms with E-state index in [4.69, 9.17) is 4.74 Å². The molecule has 0 saturated carbocycles. The molecule has 0 spiro atoms. The van der Waals surface area contributed by atoms with Crippen molar-refractivity contribution >= 4 is 17.7 Å². The number of amides is 1. The zero-order valence-electron chi connectivity index (χ0n) is 12.6. The Labute approximate surface area is 131 Å². The summed E-state index contributed by atoms with van der Waals surface area (Å²) in [5, 5.41) is 0. The predicted octanol–water partition coefficient (Wildman–Crippen LogP) is 3.04. The highest BCUT2D eigenvalue weighted by Crippen LogP contribution is 2.32. The second-order valence-electron chi connectivity index (χ2n) is 5.95. The van der Waals surface area contributed by atoms with E-state index < -0.39 is 0 Å². The number of thioether (sulfide) groups is 1. The molecule has 21 heavy (non-hydrogen) atoms. The summed E-state index contributed by atoms with van der Waals surface area (Å²) in [6, 6.07) is 8.84. The van der Waals surface area contributed by atoms with Gasteiger partial charge in [-0.1, -0.05) is 29.8 Å². The highest BCUT2D eigenvalue weighted by atomic mass is 32.2. The summed E-state index contributed by atoms with van der Waals surface area (Å²) in [5.74, 6) is 2.40. The van der Waals surface area contributed by atoms with Crippen molar-refractivity contribution in [2.75, 3.05) is 31.3 Å². The van der Waals surface area contributed by atoms with Gasteiger partial charge < -0.3 is 9.64 Å². The van der Waals surface area contributed by atoms with Crippen molar-refractivity contribution in [3.63, 3.8) is 0 Å². The highest BCUT2D eigenvalue weighted by molar-refractivity contribution is 7.99. The van der Waals surface area contributed by atoms with Crippen LogP contribution in [-0.2, 0) is 9.53 Å². The molecule has 2 fully saturated rings. The Hall–Kier alpha value is -1.00. The largest absolute Gasteiger partial charge is 0.381 e. The van der Waals surface area contributed by atoms with Gasteiger partial charge in [0.25, 0.3) is 0 Å². The smallest absolute Gasteiger partial charge is 0.228 e. The van der Waals surface area contributed by atoms with Gasteiger partial charge in [0.15, 0.2) is 0 Å². The lowest BCUT2D eigenvalue weighted by Crippen LogP contribution is -2.45. The van der Waals surface area contributed by atoms with Gasteiger partial charge in [-0.15, -0.1) is 0 Å². The van der Waals surface area contributed by atoms with Crippen molar-refractivity contribution in [3.8, 4) is 0 Å². The number of aryl methyl sites for hydroxylation is 1. The molecule has 1 aromatic carbocycles. The van der Waals surface area contributed by atoms with E-state index in [1.807, 2.05) is 11.8 Å². The molecule has 1 aromatic rings. The van der Waals surface area contributed by atoms with E-state index in [1.165, 1.54) is 11.1 Å². The van der Waals surface area contributed by atoms with Gasteiger partial charge in [0.1, 0.15) is 0 Å². The number of rotatable bonds is 2. The molecule has 0 aliphatic carbocycles. The van der Waals surface area contributed by atoms with E-state index in [0.29, 0.717) is 12.5 Å². The molecule has 0 bridgehead atoms. The monoisotopic (exact) mass is 305 g/mol. The number of carbonyl (C=O) groups is 1. The van der Waals surface area contributed by atoms with Gasteiger partial charge in [-0.2, -0.15) is 11.8 Å². The Balaban J connectivity index is 1.77. The quantitative estimate of drug-likeness (QED) is 0.841. The molecule has 2 aliphatic heterocycles. The van der Waals surface area contributed by atoms with E-state index in [1.54, 1.807) is 0 Å². The van der Waals surface area contributed by atoms with Gasteiger partial charge in [0.2, 0.25) is 5.91 Å². The summed E-state index contributed by atoms with van der Waals surface area (Å²) in [5.41, 5.74) is 2.53. The fourth-order valence-corrected chi connectivity index (χ4v) is 4.19. The van der Waals surface area contributed by atoms with Crippen molar-refractivity contribution in [3.05, 3.63) is 35.4 Å². The van der Waals surface area contributed by atoms with Crippen LogP contribution in [0.25, 0.3) is 0 Å². The van der Waals surface area contributed by atoms with Crippen molar-refractivity contribution in [1.82, 2.24) is 4.90 Å². The Morgan fingerprint density at radius 2 is 2.14 bits per heavy atom. The van der Waals surface area contributed by atoms with Crippen LogP contribution in [0, 0.1) is 12.8 Å². The molecule has 2 saturated heterocycles. The fraction of sp³-hybridized carbons (Fsp3) is 0.588. The third-order valence-electron chi connectivity index (χ3n) is 4.38. The second kappa shape index (κ2) is 6.84. The van der Waals surface area contributed by atoms with Crippen LogP contribution in [0.2, 0.25) is 0 Å². The maximum Gasteiger partial charge on any atom is 0.228 e. The zero-order chi connectivity index (χ0) is 14.7. The van der Waals surface area contributed by atoms with Crippen LogP contribution in [0.4, 0.5) is 0 Å². The first kappa shape index (κ1) is 14.9. The van der Waals surface area contributed by atoms with Crippen LogP contribution in [0.1, 0.15) is 30.0 Å². The zero-order valence-corrected chi connectivity index (χ0v) is 13.4. The second-order valence-corrected chi connectivity index (χ2v) is 7.10. The number of benzene rings is 1. The molecule has 0 aromatic heterocycles. The van der Waals surface area contributed by atoms with Crippen LogP contribution in [0.3, 0.4) is 0 Å². The first-order chi connectivity index (χ1) is 10.3. The Kier molecular flexibility index (Phi) is 4.86. The predicted molar refractivity (Wildman–Crippen MR) is 86.5 cm³/mol. The topological polar surface area (TPSA) is 29.5 Å². The third kappa shape index (κ3) is 3.43. The van der Waals surface area contributed by atoms with Crippen molar-refractivity contribution in [1.29, 1.82) is 0 Å². The molecule has 1 amide bonds. The van der Waals surface area contributed by atoms with Crippen LogP contribution in [0.15, 0.2) is 24.3 Å². The standard InChI is InChI=1S/C17H23NO2S/c1-13-4-6-14(7-5-13)16-12-21-10-8-18(16)17(19)15-3-2-9-20-11-15/h4-7,15-16H,2-3,8-12H2,1H3/t15-,16+/m1/s1.